The van der Waals surface area contributed by atoms with Crippen molar-refractivity contribution < 1.29 is 9.52 Å². The summed E-state index contributed by atoms with van der Waals surface area (Å²) in [6.07, 6.45) is 1.30. The first kappa shape index (κ1) is 9.06. The molecule has 0 bridgehead atoms. The van der Waals surface area contributed by atoms with E-state index in [0.29, 0.717) is 18.2 Å². The Bertz CT molecular complexity index is 292. The minimum absolute atomic E-state index is 0.379. The van der Waals surface area contributed by atoms with E-state index >= 15 is 0 Å². The fraction of sp³-hybridized carbons (Fsp3) is 0.556. The molecule has 1 aliphatic heterocycles. The van der Waals surface area contributed by atoms with E-state index in [-0.39, 0.29) is 0 Å². The second kappa shape index (κ2) is 3.33. The third-order valence-electron chi connectivity index (χ3n) is 2.35. The zero-order valence-corrected chi connectivity index (χ0v) is 7.97. The van der Waals surface area contributed by atoms with Crippen LogP contribution in [0.2, 0.25) is 5.22 Å². The average molecular weight is 202 g/mol. The first-order chi connectivity index (χ1) is 6.18. The first-order valence-corrected chi connectivity index (χ1v) is 4.73. The highest BCUT2D eigenvalue weighted by Gasteiger charge is 2.32. The summed E-state index contributed by atoms with van der Waals surface area (Å²) in [6.45, 7) is 1.50. The molecule has 1 aliphatic rings. The Morgan fingerprint density at radius 1 is 1.62 bits per heavy atom. The van der Waals surface area contributed by atoms with Crippen LogP contribution in [0, 0.1) is 0 Å². The van der Waals surface area contributed by atoms with E-state index in [1.54, 1.807) is 12.1 Å². The zero-order chi connectivity index (χ0) is 9.31. The van der Waals surface area contributed by atoms with Gasteiger partial charge in [0.05, 0.1) is 5.60 Å². The molecule has 0 saturated carbocycles. The van der Waals surface area contributed by atoms with E-state index in [4.69, 9.17) is 16.0 Å². The molecule has 0 aromatic carbocycles. The number of hydrogen-bond acceptors (Lipinski definition) is 3. The molecule has 0 aliphatic carbocycles. The summed E-state index contributed by atoms with van der Waals surface area (Å²) in [5.74, 6) is 0.746. The molecule has 3 nitrogen and oxygen atoms in total. The molecule has 2 heterocycles. The molecule has 1 unspecified atom stereocenters. The quantitative estimate of drug-likeness (QED) is 0.756. The summed E-state index contributed by atoms with van der Waals surface area (Å²) in [6, 6.07) is 3.50. The lowest BCUT2D eigenvalue weighted by Crippen LogP contribution is -2.33. The second-order valence-electron chi connectivity index (χ2n) is 3.53. The minimum Gasteiger partial charge on any atom is -0.450 e. The second-order valence-corrected chi connectivity index (χ2v) is 3.91. The fourth-order valence-corrected chi connectivity index (χ4v) is 1.81. The fourth-order valence-electron chi connectivity index (χ4n) is 1.65. The van der Waals surface area contributed by atoms with Crippen LogP contribution in [0.4, 0.5) is 0 Å². The minimum atomic E-state index is -0.652. The monoisotopic (exact) mass is 201 g/mol. The van der Waals surface area contributed by atoms with Crippen LogP contribution in [-0.2, 0) is 6.42 Å². The summed E-state index contributed by atoms with van der Waals surface area (Å²) in [7, 11) is 0. The van der Waals surface area contributed by atoms with Crippen molar-refractivity contribution in [3.63, 3.8) is 0 Å². The van der Waals surface area contributed by atoms with Crippen molar-refractivity contribution in [1.29, 1.82) is 0 Å². The SMILES string of the molecule is OC1(Cc2ccc(Cl)o2)CCNC1. The molecule has 4 heteroatoms. The van der Waals surface area contributed by atoms with Crippen molar-refractivity contribution in [2.45, 2.75) is 18.4 Å². The standard InChI is InChI=1S/C9H12ClNO2/c10-8-2-1-7(13-8)5-9(12)3-4-11-6-9/h1-2,11-12H,3-6H2. The first-order valence-electron chi connectivity index (χ1n) is 4.35. The van der Waals surface area contributed by atoms with Crippen molar-refractivity contribution in [2.75, 3.05) is 13.1 Å². The van der Waals surface area contributed by atoms with Gasteiger partial charge >= 0.3 is 0 Å². The van der Waals surface area contributed by atoms with Crippen LogP contribution >= 0.6 is 11.6 Å². The molecule has 72 valence electrons. The Labute approximate surface area is 81.7 Å². The molecule has 2 rings (SSSR count). The highest BCUT2D eigenvalue weighted by Crippen LogP contribution is 2.23. The maximum absolute atomic E-state index is 9.99. The number of halogens is 1. The van der Waals surface area contributed by atoms with Gasteiger partial charge in [-0.05, 0) is 36.7 Å². The van der Waals surface area contributed by atoms with Crippen LogP contribution in [0.3, 0.4) is 0 Å². The number of β-amino-alcohol motifs (C(OH)–C–C–N with tert-alkyl or cyclic N) is 1. The van der Waals surface area contributed by atoms with Gasteiger partial charge in [0.2, 0.25) is 0 Å². The van der Waals surface area contributed by atoms with Gasteiger partial charge in [0.1, 0.15) is 5.76 Å². The van der Waals surface area contributed by atoms with Crippen LogP contribution in [-0.4, -0.2) is 23.8 Å². The molecule has 1 aromatic rings. The maximum Gasteiger partial charge on any atom is 0.193 e. The van der Waals surface area contributed by atoms with E-state index in [9.17, 15) is 5.11 Å². The average Bonchev–Trinajstić information content (AvgIpc) is 2.62. The summed E-state index contributed by atoms with van der Waals surface area (Å²) in [5, 5.41) is 13.5. The van der Waals surface area contributed by atoms with Crippen molar-refractivity contribution in [3.05, 3.63) is 23.1 Å². The topological polar surface area (TPSA) is 45.4 Å². The van der Waals surface area contributed by atoms with E-state index < -0.39 is 5.60 Å². The lowest BCUT2D eigenvalue weighted by molar-refractivity contribution is 0.0566. The molecule has 0 amide bonds. The molecule has 1 saturated heterocycles. The van der Waals surface area contributed by atoms with Crippen molar-refractivity contribution in [3.8, 4) is 0 Å². The molecule has 2 N–H and O–H groups in total. The highest BCUT2D eigenvalue weighted by molar-refractivity contribution is 6.28. The maximum atomic E-state index is 9.99. The largest absolute Gasteiger partial charge is 0.450 e. The number of rotatable bonds is 2. The van der Waals surface area contributed by atoms with Crippen LogP contribution in [0.1, 0.15) is 12.2 Å². The Balaban J connectivity index is 2.04. The van der Waals surface area contributed by atoms with Gasteiger partial charge in [-0.15, -0.1) is 0 Å². The molecular formula is C9H12ClNO2. The molecule has 13 heavy (non-hydrogen) atoms. The van der Waals surface area contributed by atoms with Gasteiger partial charge in [-0.1, -0.05) is 0 Å². The number of nitrogens with one attached hydrogen (secondary N) is 1. The van der Waals surface area contributed by atoms with E-state index in [0.717, 1.165) is 18.7 Å². The van der Waals surface area contributed by atoms with E-state index in [2.05, 4.69) is 5.32 Å². The van der Waals surface area contributed by atoms with Crippen LogP contribution in [0.5, 0.6) is 0 Å². The lowest BCUT2D eigenvalue weighted by atomic mass is 9.98. The summed E-state index contributed by atoms with van der Waals surface area (Å²) < 4.78 is 5.19. The third kappa shape index (κ3) is 2.05. The Hall–Kier alpha value is -0.510. The highest BCUT2D eigenvalue weighted by atomic mass is 35.5. The van der Waals surface area contributed by atoms with Crippen molar-refractivity contribution in [2.24, 2.45) is 0 Å². The predicted octanol–water partition coefficient (Wildman–Crippen LogP) is 1.20. The molecular weight excluding hydrogens is 190 g/mol. The van der Waals surface area contributed by atoms with E-state index in [1.807, 2.05) is 0 Å². The molecule has 1 atom stereocenters. The third-order valence-corrected chi connectivity index (χ3v) is 2.56. The van der Waals surface area contributed by atoms with Crippen LogP contribution in [0.25, 0.3) is 0 Å². The van der Waals surface area contributed by atoms with Gasteiger partial charge in [0.25, 0.3) is 0 Å². The van der Waals surface area contributed by atoms with Gasteiger partial charge in [-0.3, -0.25) is 0 Å². The van der Waals surface area contributed by atoms with Gasteiger partial charge in [-0.25, -0.2) is 0 Å². The Morgan fingerprint density at radius 2 is 2.46 bits per heavy atom. The van der Waals surface area contributed by atoms with Gasteiger partial charge in [0.15, 0.2) is 5.22 Å². The molecule has 1 aromatic heterocycles. The van der Waals surface area contributed by atoms with Crippen molar-refractivity contribution in [1.82, 2.24) is 5.32 Å². The molecule has 0 radical (unpaired) electrons. The van der Waals surface area contributed by atoms with Crippen LogP contribution < -0.4 is 5.32 Å². The van der Waals surface area contributed by atoms with Crippen LogP contribution in [0.15, 0.2) is 16.5 Å². The Kier molecular flexibility index (Phi) is 2.32. The lowest BCUT2D eigenvalue weighted by Gasteiger charge is -2.19. The number of furan rings is 1. The molecule has 0 spiro atoms. The predicted molar refractivity (Wildman–Crippen MR) is 49.9 cm³/mol. The van der Waals surface area contributed by atoms with Crippen molar-refractivity contribution >= 4 is 11.6 Å². The molecule has 1 fully saturated rings. The van der Waals surface area contributed by atoms with Gasteiger partial charge < -0.3 is 14.8 Å². The summed E-state index contributed by atoms with van der Waals surface area (Å²) >= 11 is 5.63. The Morgan fingerprint density at radius 3 is 3.00 bits per heavy atom. The zero-order valence-electron chi connectivity index (χ0n) is 7.22. The van der Waals surface area contributed by atoms with E-state index in [1.165, 1.54) is 0 Å². The summed E-state index contributed by atoms with van der Waals surface area (Å²) in [5.41, 5.74) is -0.652. The number of hydrogen-bond donors (Lipinski definition) is 2. The van der Waals surface area contributed by atoms with Gasteiger partial charge in [-0.2, -0.15) is 0 Å². The van der Waals surface area contributed by atoms with Gasteiger partial charge in [0, 0.05) is 13.0 Å². The normalized spacial score (nSPS) is 28.2. The summed E-state index contributed by atoms with van der Waals surface area (Å²) in [4.78, 5) is 0. The number of aliphatic hydroxyl groups is 1. The smallest absolute Gasteiger partial charge is 0.193 e.